The molecule has 2 aromatic rings. The maximum absolute atomic E-state index is 11.1. The highest BCUT2D eigenvalue weighted by molar-refractivity contribution is 7.13. The number of nitrogens with one attached hydrogen (secondary N) is 2. The minimum atomic E-state index is -0.722. The van der Waals surface area contributed by atoms with Crippen LogP contribution in [0.1, 0.15) is 12.0 Å². The Hall–Kier alpha value is -2.18. The molecule has 5 nitrogen and oxygen atoms in total. The second-order valence-corrected chi connectivity index (χ2v) is 6.93. The Morgan fingerprint density at radius 2 is 2.21 bits per heavy atom. The largest absolute Gasteiger partial charge is 0.481 e. The molecule has 24 heavy (non-hydrogen) atoms. The Balaban J connectivity index is 1.57. The summed E-state index contributed by atoms with van der Waals surface area (Å²) in [4.78, 5) is 12.3. The molecule has 0 amide bonds. The van der Waals surface area contributed by atoms with E-state index in [1.165, 1.54) is 10.4 Å². The van der Waals surface area contributed by atoms with Gasteiger partial charge in [0.05, 0.1) is 12.1 Å². The van der Waals surface area contributed by atoms with E-state index >= 15 is 0 Å². The van der Waals surface area contributed by atoms with Gasteiger partial charge in [-0.05, 0) is 30.3 Å². The second-order valence-electron chi connectivity index (χ2n) is 5.98. The average molecular weight is 343 g/mol. The Kier molecular flexibility index (Phi) is 5.61. The normalized spacial score (nSPS) is 21.0. The number of benzene rings is 1. The highest BCUT2D eigenvalue weighted by atomic mass is 32.1. The van der Waals surface area contributed by atoms with Crippen molar-refractivity contribution in [2.24, 2.45) is 16.9 Å². The Morgan fingerprint density at radius 1 is 1.33 bits per heavy atom. The summed E-state index contributed by atoms with van der Waals surface area (Å²) >= 11 is 1.71. The van der Waals surface area contributed by atoms with Gasteiger partial charge in [-0.15, -0.1) is 11.3 Å². The molecule has 126 valence electrons. The summed E-state index contributed by atoms with van der Waals surface area (Å²) in [6.45, 7) is 2.07. The van der Waals surface area contributed by atoms with Crippen molar-refractivity contribution in [3.8, 4) is 10.4 Å². The molecule has 0 spiro atoms. The van der Waals surface area contributed by atoms with Crippen LogP contribution in [0.25, 0.3) is 10.4 Å². The Bertz CT molecular complexity index is 700. The summed E-state index contributed by atoms with van der Waals surface area (Å²) in [7, 11) is 0. The number of rotatable bonds is 6. The highest BCUT2D eigenvalue weighted by Crippen LogP contribution is 2.26. The standard InChI is InChI=1S/C18H21N3O2S/c22-18(23)15-8-13(9-19-11-15)10-20-21-12-14-4-1-2-5-16(14)17-6-3-7-24-17/h1-7,12-13,15,19-20H,8-11H2,(H,22,23)/b21-12+/t13-,15+/m0/s1. The first-order chi connectivity index (χ1) is 11.7. The highest BCUT2D eigenvalue weighted by Gasteiger charge is 2.26. The predicted molar refractivity (Wildman–Crippen MR) is 97.5 cm³/mol. The number of hydrazone groups is 1. The van der Waals surface area contributed by atoms with E-state index in [1.54, 1.807) is 11.3 Å². The first kappa shape index (κ1) is 16.7. The van der Waals surface area contributed by atoms with Crippen LogP contribution in [-0.4, -0.2) is 36.9 Å². The average Bonchev–Trinajstić information content (AvgIpc) is 3.14. The molecule has 3 rings (SSSR count). The quantitative estimate of drug-likeness (QED) is 0.557. The molecular formula is C18H21N3O2S. The zero-order valence-electron chi connectivity index (χ0n) is 13.3. The van der Waals surface area contributed by atoms with Crippen LogP contribution in [-0.2, 0) is 4.79 Å². The van der Waals surface area contributed by atoms with Crippen molar-refractivity contribution < 1.29 is 9.90 Å². The molecule has 0 saturated carbocycles. The molecule has 0 aliphatic carbocycles. The van der Waals surface area contributed by atoms with Crippen LogP contribution in [0.3, 0.4) is 0 Å². The van der Waals surface area contributed by atoms with E-state index in [-0.39, 0.29) is 11.8 Å². The van der Waals surface area contributed by atoms with Crippen molar-refractivity contribution in [2.45, 2.75) is 6.42 Å². The predicted octanol–water partition coefficient (Wildman–Crippen LogP) is 2.65. The smallest absolute Gasteiger partial charge is 0.307 e. The van der Waals surface area contributed by atoms with E-state index in [4.69, 9.17) is 5.11 Å². The van der Waals surface area contributed by atoms with E-state index < -0.39 is 5.97 Å². The summed E-state index contributed by atoms with van der Waals surface area (Å²) in [5.41, 5.74) is 5.31. The number of carbonyl (C=O) groups is 1. The van der Waals surface area contributed by atoms with Gasteiger partial charge in [-0.2, -0.15) is 5.10 Å². The molecular weight excluding hydrogens is 322 g/mol. The monoisotopic (exact) mass is 343 g/mol. The number of thiophene rings is 1. The van der Waals surface area contributed by atoms with Gasteiger partial charge >= 0.3 is 5.97 Å². The molecule has 0 bridgehead atoms. The summed E-state index contributed by atoms with van der Waals surface area (Å²) in [6.07, 6.45) is 2.52. The number of hydrogen-bond donors (Lipinski definition) is 3. The summed E-state index contributed by atoms with van der Waals surface area (Å²) in [5, 5.41) is 18.7. The molecule has 1 aromatic carbocycles. The second kappa shape index (κ2) is 8.08. The third kappa shape index (κ3) is 4.21. The van der Waals surface area contributed by atoms with E-state index in [9.17, 15) is 4.79 Å². The van der Waals surface area contributed by atoms with E-state index in [1.807, 2.05) is 30.5 Å². The van der Waals surface area contributed by atoms with Gasteiger partial charge in [0.1, 0.15) is 0 Å². The molecule has 1 aromatic heterocycles. The van der Waals surface area contributed by atoms with Crippen molar-refractivity contribution in [1.82, 2.24) is 10.7 Å². The topological polar surface area (TPSA) is 73.7 Å². The zero-order valence-corrected chi connectivity index (χ0v) is 14.1. The third-order valence-electron chi connectivity index (χ3n) is 4.21. The van der Waals surface area contributed by atoms with Crippen LogP contribution < -0.4 is 10.7 Å². The lowest BCUT2D eigenvalue weighted by Crippen LogP contribution is -2.42. The zero-order chi connectivity index (χ0) is 16.8. The van der Waals surface area contributed by atoms with Crippen LogP contribution in [0.15, 0.2) is 46.9 Å². The number of aliphatic carboxylic acids is 1. The minimum absolute atomic E-state index is 0.282. The Morgan fingerprint density at radius 3 is 3.00 bits per heavy atom. The molecule has 1 aliphatic rings. The van der Waals surface area contributed by atoms with E-state index in [0.29, 0.717) is 19.5 Å². The van der Waals surface area contributed by atoms with E-state index in [0.717, 1.165) is 12.1 Å². The van der Waals surface area contributed by atoms with Crippen molar-refractivity contribution in [1.29, 1.82) is 0 Å². The van der Waals surface area contributed by atoms with Gasteiger partial charge in [0, 0.05) is 29.1 Å². The summed E-state index contributed by atoms with van der Waals surface area (Å²) in [5.74, 6) is -0.737. The van der Waals surface area contributed by atoms with Crippen LogP contribution in [0.4, 0.5) is 0 Å². The molecule has 1 saturated heterocycles. The molecule has 1 aliphatic heterocycles. The molecule has 1 fully saturated rings. The summed E-state index contributed by atoms with van der Waals surface area (Å²) in [6, 6.07) is 12.3. The maximum Gasteiger partial charge on any atom is 0.307 e. The number of piperidine rings is 1. The maximum atomic E-state index is 11.1. The van der Waals surface area contributed by atoms with Crippen molar-refractivity contribution >= 4 is 23.5 Å². The number of carboxylic acid groups (broad SMARTS) is 1. The number of carboxylic acids is 1. The van der Waals surface area contributed by atoms with Gasteiger partial charge in [0.2, 0.25) is 0 Å². The van der Waals surface area contributed by atoms with Gasteiger partial charge in [-0.1, -0.05) is 30.3 Å². The molecule has 3 N–H and O–H groups in total. The lowest BCUT2D eigenvalue weighted by atomic mass is 9.91. The molecule has 2 atom stereocenters. The first-order valence-corrected chi connectivity index (χ1v) is 8.94. The first-order valence-electron chi connectivity index (χ1n) is 8.06. The van der Waals surface area contributed by atoms with Gasteiger partial charge in [0.25, 0.3) is 0 Å². The fraction of sp³-hybridized carbons (Fsp3) is 0.333. The number of nitrogens with zero attached hydrogens (tertiary/aromatic N) is 1. The van der Waals surface area contributed by atoms with Crippen LogP contribution in [0.2, 0.25) is 0 Å². The van der Waals surface area contributed by atoms with E-state index in [2.05, 4.69) is 33.4 Å². The molecule has 2 heterocycles. The summed E-state index contributed by atoms with van der Waals surface area (Å²) < 4.78 is 0. The lowest BCUT2D eigenvalue weighted by Gasteiger charge is -2.27. The molecule has 0 unspecified atom stereocenters. The molecule has 6 heteroatoms. The van der Waals surface area contributed by atoms with Crippen molar-refractivity contribution in [2.75, 3.05) is 19.6 Å². The van der Waals surface area contributed by atoms with Crippen LogP contribution >= 0.6 is 11.3 Å². The molecule has 0 radical (unpaired) electrons. The minimum Gasteiger partial charge on any atom is -0.481 e. The number of hydrogen-bond acceptors (Lipinski definition) is 5. The van der Waals surface area contributed by atoms with Crippen molar-refractivity contribution in [3.63, 3.8) is 0 Å². The van der Waals surface area contributed by atoms with Crippen LogP contribution in [0, 0.1) is 11.8 Å². The van der Waals surface area contributed by atoms with Gasteiger partial charge < -0.3 is 15.8 Å². The van der Waals surface area contributed by atoms with Gasteiger partial charge in [-0.25, -0.2) is 0 Å². The SMILES string of the molecule is O=C(O)[C@H]1CNC[C@@H](CN/N=C/c2ccccc2-c2cccs2)C1. The van der Waals surface area contributed by atoms with Crippen molar-refractivity contribution in [3.05, 3.63) is 47.3 Å². The van der Waals surface area contributed by atoms with Gasteiger partial charge in [-0.3, -0.25) is 4.79 Å². The lowest BCUT2D eigenvalue weighted by molar-refractivity contribution is -0.142. The fourth-order valence-corrected chi connectivity index (χ4v) is 3.71. The Labute approximate surface area is 145 Å². The van der Waals surface area contributed by atoms with Gasteiger partial charge in [0.15, 0.2) is 0 Å². The van der Waals surface area contributed by atoms with Crippen LogP contribution in [0.5, 0.6) is 0 Å². The fourth-order valence-electron chi connectivity index (χ4n) is 2.94. The third-order valence-corrected chi connectivity index (χ3v) is 5.12.